The van der Waals surface area contributed by atoms with Crippen molar-refractivity contribution in [2.75, 3.05) is 20.2 Å². The van der Waals surface area contributed by atoms with E-state index in [9.17, 15) is 9.18 Å². The summed E-state index contributed by atoms with van der Waals surface area (Å²) in [5.74, 6) is 0.552. The van der Waals surface area contributed by atoms with Gasteiger partial charge in [0, 0.05) is 32.1 Å². The summed E-state index contributed by atoms with van der Waals surface area (Å²) < 4.78 is 18.6. The third-order valence-electron chi connectivity index (χ3n) is 4.35. The fourth-order valence-corrected chi connectivity index (χ4v) is 2.97. The van der Waals surface area contributed by atoms with Crippen molar-refractivity contribution >= 4 is 5.91 Å². The summed E-state index contributed by atoms with van der Waals surface area (Å²) in [5, 5.41) is 3.48. The van der Waals surface area contributed by atoms with Crippen LogP contribution in [-0.2, 0) is 11.3 Å². The lowest BCUT2D eigenvalue weighted by molar-refractivity contribution is -0.132. The number of amides is 1. The number of hydrogen-bond acceptors (Lipinski definition) is 3. The molecule has 2 atom stereocenters. The summed E-state index contributed by atoms with van der Waals surface area (Å²) in [6.07, 6.45) is 1.50. The first-order valence-corrected chi connectivity index (χ1v) is 7.88. The molecule has 1 N–H and O–H groups in total. The van der Waals surface area contributed by atoms with Crippen LogP contribution in [0.4, 0.5) is 4.39 Å². The molecule has 0 bridgehead atoms. The molecule has 1 amide bonds. The maximum Gasteiger partial charge on any atom is 0.222 e. The molecule has 0 radical (unpaired) electrons. The minimum absolute atomic E-state index is 0.225. The molecule has 1 fully saturated rings. The zero-order valence-corrected chi connectivity index (χ0v) is 13.6. The van der Waals surface area contributed by atoms with Gasteiger partial charge in [-0.05, 0) is 30.0 Å². The van der Waals surface area contributed by atoms with Crippen LogP contribution in [0.3, 0.4) is 0 Å². The van der Waals surface area contributed by atoms with Crippen molar-refractivity contribution in [2.24, 2.45) is 5.92 Å². The van der Waals surface area contributed by atoms with E-state index in [1.165, 1.54) is 13.2 Å². The van der Waals surface area contributed by atoms with E-state index in [1.807, 2.05) is 17.9 Å². The molecule has 22 heavy (non-hydrogen) atoms. The van der Waals surface area contributed by atoms with Crippen molar-refractivity contribution in [3.8, 4) is 5.75 Å². The van der Waals surface area contributed by atoms with Crippen molar-refractivity contribution in [1.29, 1.82) is 0 Å². The normalized spacial score (nSPS) is 21.7. The molecule has 1 saturated heterocycles. The van der Waals surface area contributed by atoms with Crippen molar-refractivity contribution in [3.63, 3.8) is 0 Å². The summed E-state index contributed by atoms with van der Waals surface area (Å²) in [6, 6.07) is 5.38. The third kappa shape index (κ3) is 3.97. The number of likely N-dealkylation sites (tertiary alicyclic amines) is 1. The number of ether oxygens (including phenoxy) is 1. The highest BCUT2D eigenvalue weighted by molar-refractivity contribution is 5.75. The Morgan fingerprint density at radius 3 is 2.86 bits per heavy atom. The molecule has 4 nitrogen and oxygen atoms in total. The van der Waals surface area contributed by atoms with E-state index >= 15 is 0 Å². The number of benzene rings is 1. The first kappa shape index (κ1) is 16.7. The van der Waals surface area contributed by atoms with Gasteiger partial charge in [-0.2, -0.15) is 0 Å². The minimum atomic E-state index is -0.335. The van der Waals surface area contributed by atoms with Gasteiger partial charge in [0.15, 0.2) is 11.6 Å². The monoisotopic (exact) mass is 308 g/mol. The average Bonchev–Trinajstić information content (AvgIpc) is 2.53. The second-order valence-corrected chi connectivity index (χ2v) is 5.92. The largest absolute Gasteiger partial charge is 0.494 e. The predicted molar refractivity (Wildman–Crippen MR) is 84.2 cm³/mol. The molecule has 0 spiro atoms. The number of nitrogens with zero attached hydrogens (tertiary/aromatic N) is 1. The maximum atomic E-state index is 13.7. The van der Waals surface area contributed by atoms with Crippen LogP contribution in [0.1, 0.15) is 32.3 Å². The number of carbonyl (C=O) groups is 1. The molecule has 1 aliphatic heterocycles. The average molecular weight is 308 g/mol. The Bertz CT molecular complexity index is 521. The van der Waals surface area contributed by atoms with Crippen molar-refractivity contribution in [1.82, 2.24) is 10.2 Å². The van der Waals surface area contributed by atoms with Gasteiger partial charge < -0.3 is 15.0 Å². The molecule has 2 unspecified atom stereocenters. The topological polar surface area (TPSA) is 41.6 Å². The van der Waals surface area contributed by atoms with Gasteiger partial charge in [-0.3, -0.25) is 4.79 Å². The first-order valence-electron chi connectivity index (χ1n) is 7.88. The smallest absolute Gasteiger partial charge is 0.222 e. The number of halogens is 1. The zero-order chi connectivity index (χ0) is 16.1. The molecular formula is C17H25FN2O2. The van der Waals surface area contributed by atoms with E-state index in [0.29, 0.717) is 24.9 Å². The minimum Gasteiger partial charge on any atom is -0.494 e. The Labute approximate surface area is 131 Å². The predicted octanol–water partition coefficient (Wildman–Crippen LogP) is 2.57. The Hall–Kier alpha value is -1.62. The number of methoxy groups -OCH3 is 1. The maximum absolute atomic E-state index is 13.7. The van der Waals surface area contributed by atoms with E-state index in [-0.39, 0.29) is 17.5 Å². The van der Waals surface area contributed by atoms with Gasteiger partial charge in [0.1, 0.15) is 0 Å². The fraction of sp³-hybridized carbons (Fsp3) is 0.588. The van der Waals surface area contributed by atoms with Gasteiger partial charge >= 0.3 is 0 Å². The van der Waals surface area contributed by atoms with Crippen LogP contribution in [0.15, 0.2) is 18.2 Å². The highest BCUT2D eigenvalue weighted by atomic mass is 19.1. The Morgan fingerprint density at radius 2 is 2.27 bits per heavy atom. The Kier molecular flexibility index (Phi) is 5.77. The third-order valence-corrected chi connectivity index (χ3v) is 4.35. The Morgan fingerprint density at radius 1 is 1.50 bits per heavy atom. The quantitative estimate of drug-likeness (QED) is 0.909. The lowest BCUT2D eigenvalue weighted by atomic mass is 9.93. The molecule has 5 heteroatoms. The molecule has 1 aromatic carbocycles. The SMILES string of the molecule is CCC(=O)N1CCC(NCc2ccc(OC)c(F)c2)C(C)C1. The van der Waals surface area contributed by atoms with Crippen LogP contribution in [-0.4, -0.2) is 37.0 Å². The molecule has 1 aliphatic rings. The van der Waals surface area contributed by atoms with E-state index < -0.39 is 0 Å². The molecule has 0 saturated carbocycles. The van der Waals surface area contributed by atoms with Crippen LogP contribution >= 0.6 is 0 Å². The highest BCUT2D eigenvalue weighted by Crippen LogP contribution is 2.20. The molecule has 2 rings (SSSR count). The zero-order valence-electron chi connectivity index (χ0n) is 13.6. The van der Waals surface area contributed by atoms with Crippen molar-refractivity contribution < 1.29 is 13.9 Å². The Balaban J connectivity index is 1.87. The van der Waals surface area contributed by atoms with Crippen LogP contribution in [0, 0.1) is 11.7 Å². The number of rotatable bonds is 5. The van der Waals surface area contributed by atoms with Crippen LogP contribution in [0.25, 0.3) is 0 Å². The van der Waals surface area contributed by atoms with E-state index in [1.54, 1.807) is 6.07 Å². The van der Waals surface area contributed by atoms with E-state index in [4.69, 9.17) is 4.74 Å². The number of carbonyl (C=O) groups excluding carboxylic acids is 1. The van der Waals surface area contributed by atoms with Crippen molar-refractivity contribution in [3.05, 3.63) is 29.6 Å². The second kappa shape index (κ2) is 7.58. The molecular weight excluding hydrogens is 283 g/mol. The lowest BCUT2D eigenvalue weighted by Crippen LogP contribution is -2.49. The number of nitrogens with one attached hydrogen (secondary N) is 1. The van der Waals surface area contributed by atoms with Gasteiger partial charge in [-0.25, -0.2) is 4.39 Å². The van der Waals surface area contributed by atoms with Gasteiger partial charge in [-0.1, -0.05) is 19.9 Å². The van der Waals surface area contributed by atoms with Gasteiger partial charge in [0.2, 0.25) is 5.91 Å². The van der Waals surface area contributed by atoms with E-state index in [0.717, 1.165) is 25.1 Å². The highest BCUT2D eigenvalue weighted by Gasteiger charge is 2.27. The molecule has 0 aliphatic carbocycles. The van der Waals surface area contributed by atoms with Crippen LogP contribution in [0.2, 0.25) is 0 Å². The van der Waals surface area contributed by atoms with Gasteiger partial charge in [0.05, 0.1) is 7.11 Å². The van der Waals surface area contributed by atoms with Crippen molar-refractivity contribution in [2.45, 2.75) is 39.3 Å². The summed E-state index contributed by atoms with van der Waals surface area (Å²) >= 11 is 0. The summed E-state index contributed by atoms with van der Waals surface area (Å²) in [7, 11) is 1.46. The molecule has 1 heterocycles. The molecule has 122 valence electrons. The van der Waals surface area contributed by atoms with Gasteiger partial charge in [0.25, 0.3) is 0 Å². The first-order chi connectivity index (χ1) is 10.5. The standard InChI is InChI=1S/C17H25FN2O2/c1-4-17(21)20-8-7-15(12(2)11-20)19-10-13-5-6-16(22-3)14(18)9-13/h5-6,9,12,15,19H,4,7-8,10-11H2,1-3H3. The second-order valence-electron chi connectivity index (χ2n) is 5.92. The van der Waals surface area contributed by atoms with E-state index in [2.05, 4.69) is 12.2 Å². The lowest BCUT2D eigenvalue weighted by Gasteiger charge is -2.37. The fourth-order valence-electron chi connectivity index (χ4n) is 2.97. The van der Waals surface area contributed by atoms with Crippen LogP contribution in [0.5, 0.6) is 5.75 Å². The van der Waals surface area contributed by atoms with Gasteiger partial charge in [-0.15, -0.1) is 0 Å². The summed E-state index contributed by atoms with van der Waals surface area (Å²) in [6.45, 7) is 6.27. The summed E-state index contributed by atoms with van der Waals surface area (Å²) in [5.41, 5.74) is 0.901. The molecule has 0 aromatic heterocycles. The summed E-state index contributed by atoms with van der Waals surface area (Å²) in [4.78, 5) is 13.7. The van der Waals surface area contributed by atoms with Crippen LogP contribution < -0.4 is 10.1 Å². The number of hydrogen-bond donors (Lipinski definition) is 1. The molecule has 1 aromatic rings. The number of piperidine rings is 1.